The van der Waals surface area contributed by atoms with Gasteiger partial charge in [-0.3, -0.25) is 9.69 Å². The van der Waals surface area contributed by atoms with Crippen LogP contribution < -0.4 is 21.7 Å². The molecule has 0 fully saturated rings. The molecule has 2 rings (SSSR count). The Balaban J connectivity index is 2.47. The molecule has 0 saturated heterocycles. The molecule has 1 aromatic carbocycles. The standard InChI is InChI=1S/C10H11FN4OS/c11-5-2-1-3-6(4-5)15-8(13)7(12)9(16)14-10(15)17/h1-4,10,17H,12-13H2,(H,14,16). The molecule has 5 nitrogen and oxygen atoms in total. The minimum Gasteiger partial charge on any atom is -0.391 e. The molecule has 0 bridgehead atoms. The van der Waals surface area contributed by atoms with E-state index in [0.717, 1.165) is 0 Å². The summed E-state index contributed by atoms with van der Waals surface area (Å²) in [5.41, 5.74) is 10.9. The quantitative estimate of drug-likeness (QED) is 0.534. The van der Waals surface area contributed by atoms with E-state index in [4.69, 9.17) is 11.5 Å². The Morgan fingerprint density at radius 1 is 1.41 bits per heavy atom. The largest absolute Gasteiger partial charge is 0.391 e. The number of carbonyl (C=O) groups is 1. The Kier molecular flexibility index (Phi) is 2.84. The Hall–Kier alpha value is -1.89. The number of anilines is 1. The summed E-state index contributed by atoms with van der Waals surface area (Å²) in [4.78, 5) is 12.8. The zero-order chi connectivity index (χ0) is 12.6. The Morgan fingerprint density at radius 3 is 2.76 bits per heavy atom. The third-order valence-corrected chi connectivity index (χ3v) is 2.73. The average molecular weight is 254 g/mol. The first-order valence-electron chi connectivity index (χ1n) is 4.79. The first-order valence-corrected chi connectivity index (χ1v) is 5.31. The minimum absolute atomic E-state index is 0.0550. The summed E-state index contributed by atoms with van der Waals surface area (Å²) in [5.74, 6) is -0.846. The van der Waals surface area contributed by atoms with Crippen LogP contribution in [0.1, 0.15) is 0 Å². The number of nitrogens with one attached hydrogen (secondary N) is 1. The number of nitrogens with zero attached hydrogens (tertiary/aromatic N) is 1. The van der Waals surface area contributed by atoms with Crippen LogP contribution in [0.15, 0.2) is 35.8 Å². The number of halogens is 1. The van der Waals surface area contributed by atoms with Crippen LogP contribution in [0.2, 0.25) is 0 Å². The lowest BCUT2D eigenvalue weighted by Gasteiger charge is -2.35. The Morgan fingerprint density at radius 2 is 2.12 bits per heavy atom. The summed E-state index contributed by atoms with van der Waals surface area (Å²) >= 11 is 4.16. The van der Waals surface area contributed by atoms with E-state index in [-0.39, 0.29) is 11.5 Å². The first-order chi connectivity index (χ1) is 8.00. The van der Waals surface area contributed by atoms with E-state index in [0.29, 0.717) is 5.69 Å². The number of nitrogens with two attached hydrogens (primary N) is 2. The van der Waals surface area contributed by atoms with Gasteiger partial charge < -0.3 is 16.8 Å². The molecule has 1 unspecified atom stereocenters. The fraction of sp³-hybridized carbons (Fsp3) is 0.100. The average Bonchev–Trinajstić information content (AvgIpc) is 2.26. The Labute approximate surface area is 103 Å². The van der Waals surface area contributed by atoms with Gasteiger partial charge in [-0.1, -0.05) is 6.07 Å². The molecule has 7 heteroatoms. The highest BCUT2D eigenvalue weighted by Gasteiger charge is 2.29. The molecule has 0 aliphatic carbocycles. The van der Waals surface area contributed by atoms with Gasteiger partial charge in [-0.25, -0.2) is 4.39 Å². The van der Waals surface area contributed by atoms with E-state index in [1.165, 1.54) is 23.1 Å². The van der Waals surface area contributed by atoms with Gasteiger partial charge in [-0.2, -0.15) is 0 Å². The van der Waals surface area contributed by atoms with Gasteiger partial charge in [-0.15, -0.1) is 12.6 Å². The van der Waals surface area contributed by atoms with Crippen LogP contribution in [0.3, 0.4) is 0 Å². The molecule has 0 spiro atoms. The van der Waals surface area contributed by atoms with Crippen molar-refractivity contribution in [3.8, 4) is 0 Å². The van der Waals surface area contributed by atoms with Crippen molar-refractivity contribution in [1.82, 2.24) is 5.32 Å². The second kappa shape index (κ2) is 4.17. The molecular weight excluding hydrogens is 243 g/mol. The predicted molar refractivity (Wildman–Crippen MR) is 65.2 cm³/mol. The predicted octanol–water partition coefficient (Wildman–Crippen LogP) is 0.0618. The zero-order valence-corrected chi connectivity index (χ0v) is 9.62. The van der Waals surface area contributed by atoms with Crippen molar-refractivity contribution in [2.75, 3.05) is 4.90 Å². The number of benzene rings is 1. The summed E-state index contributed by atoms with van der Waals surface area (Å²) in [6.07, 6.45) is 0. The molecule has 1 amide bonds. The number of hydrogen-bond acceptors (Lipinski definition) is 5. The van der Waals surface area contributed by atoms with Crippen molar-refractivity contribution in [2.45, 2.75) is 5.50 Å². The van der Waals surface area contributed by atoms with Crippen molar-refractivity contribution < 1.29 is 9.18 Å². The van der Waals surface area contributed by atoms with Gasteiger partial charge in [0.1, 0.15) is 17.3 Å². The molecule has 1 atom stereocenters. The monoisotopic (exact) mass is 254 g/mol. The normalized spacial score (nSPS) is 20.5. The van der Waals surface area contributed by atoms with Crippen LogP contribution in [0, 0.1) is 5.82 Å². The van der Waals surface area contributed by atoms with E-state index in [9.17, 15) is 9.18 Å². The highest BCUT2D eigenvalue weighted by molar-refractivity contribution is 7.81. The molecule has 0 radical (unpaired) electrons. The minimum atomic E-state index is -0.684. The fourth-order valence-electron chi connectivity index (χ4n) is 1.54. The van der Waals surface area contributed by atoms with Crippen molar-refractivity contribution in [3.63, 3.8) is 0 Å². The number of carbonyl (C=O) groups excluding carboxylic acids is 1. The molecular formula is C10H11FN4OS. The van der Waals surface area contributed by atoms with Gasteiger partial charge in [-0.05, 0) is 18.2 Å². The van der Waals surface area contributed by atoms with Crippen molar-refractivity contribution in [1.29, 1.82) is 0 Å². The smallest absolute Gasteiger partial charge is 0.273 e. The van der Waals surface area contributed by atoms with Crippen LogP contribution in [0.4, 0.5) is 10.1 Å². The maximum atomic E-state index is 13.1. The topological polar surface area (TPSA) is 84.4 Å². The summed E-state index contributed by atoms with van der Waals surface area (Å²) in [6, 6.07) is 5.76. The lowest BCUT2D eigenvalue weighted by molar-refractivity contribution is -0.118. The van der Waals surface area contributed by atoms with Gasteiger partial charge in [0.05, 0.1) is 0 Å². The number of thiol groups is 1. The summed E-state index contributed by atoms with van der Waals surface area (Å²) in [7, 11) is 0. The van der Waals surface area contributed by atoms with Gasteiger partial charge in [0, 0.05) is 5.69 Å². The highest BCUT2D eigenvalue weighted by Crippen LogP contribution is 2.24. The second-order valence-corrected chi connectivity index (χ2v) is 3.99. The third-order valence-electron chi connectivity index (χ3n) is 2.37. The van der Waals surface area contributed by atoms with Crippen LogP contribution in [-0.2, 0) is 4.79 Å². The van der Waals surface area contributed by atoms with Gasteiger partial charge in [0.15, 0.2) is 5.50 Å². The summed E-state index contributed by atoms with van der Waals surface area (Å²) < 4.78 is 13.1. The molecule has 5 N–H and O–H groups in total. The third kappa shape index (κ3) is 2.01. The van der Waals surface area contributed by atoms with Gasteiger partial charge >= 0.3 is 0 Å². The Bertz CT molecular complexity index is 505. The molecule has 1 aliphatic rings. The lowest BCUT2D eigenvalue weighted by atomic mass is 10.2. The van der Waals surface area contributed by atoms with Crippen LogP contribution in [0.5, 0.6) is 0 Å². The van der Waals surface area contributed by atoms with E-state index in [2.05, 4.69) is 17.9 Å². The van der Waals surface area contributed by atoms with Crippen molar-refractivity contribution >= 4 is 24.2 Å². The van der Waals surface area contributed by atoms with E-state index in [1.54, 1.807) is 6.07 Å². The van der Waals surface area contributed by atoms with Crippen LogP contribution >= 0.6 is 12.6 Å². The molecule has 1 heterocycles. The van der Waals surface area contributed by atoms with Crippen LogP contribution in [0.25, 0.3) is 0 Å². The van der Waals surface area contributed by atoms with Crippen molar-refractivity contribution in [2.24, 2.45) is 11.5 Å². The van der Waals surface area contributed by atoms with Crippen LogP contribution in [-0.4, -0.2) is 11.4 Å². The lowest BCUT2D eigenvalue weighted by Crippen LogP contribution is -2.53. The van der Waals surface area contributed by atoms with E-state index >= 15 is 0 Å². The van der Waals surface area contributed by atoms with Crippen molar-refractivity contribution in [3.05, 3.63) is 41.6 Å². The summed E-state index contributed by atoms with van der Waals surface area (Å²) in [5, 5.41) is 2.49. The molecule has 1 aliphatic heterocycles. The highest BCUT2D eigenvalue weighted by atomic mass is 32.1. The number of hydrogen-bond donors (Lipinski definition) is 4. The van der Waals surface area contributed by atoms with Gasteiger partial charge in [0.2, 0.25) is 0 Å². The van der Waals surface area contributed by atoms with E-state index in [1.807, 2.05) is 0 Å². The van der Waals surface area contributed by atoms with Gasteiger partial charge in [0.25, 0.3) is 5.91 Å². The fourth-order valence-corrected chi connectivity index (χ4v) is 1.92. The zero-order valence-electron chi connectivity index (χ0n) is 8.72. The number of rotatable bonds is 1. The molecule has 17 heavy (non-hydrogen) atoms. The SMILES string of the molecule is NC1=C(N)N(c2cccc(F)c2)C(S)NC1=O. The maximum Gasteiger partial charge on any atom is 0.273 e. The molecule has 90 valence electrons. The first kappa shape index (κ1) is 11.6. The molecule has 0 aromatic heterocycles. The molecule has 0 saturated carbocycles. The van der Waals surface area contributed by atoms with E-state index < -0.39 is 17.2 Å². The number of amides is 1. The molecule has 1 aromatic rings. The maximum absolute atomic E-state index is 13.1. The second-order valence-electron chi connectivity index (χ2n) is 3.50. The summed E-state index contributed by atoms with van der Waals surface area (Å²) in [6.45, 7) is 0.